The largest absolute Gasteiger partial charge is 0.337 e. The fourth-order valence-corrected chi connectivity index (χ4v) is 2.80. The summed E-state index contributed by atoms with van der Waals surface area (Å²) in [7, 11) is 0. The van der Waals surface area contributed by atoms with Crippen molar-refractivity contribution in [3.63, 3.8) is 0 Å². The third kappa shape index (κ3) is 2.36. The van der Waals surface area contributed by atoms with E-state index in [1.165, 1.54) is 0 Å². The highest BCUT2D eigenvalue weighted by molar-refractivity contribution is 9.10. The first-order valence-corrected chi connectivity index (χ1v) is 7.28. The SMILES string of the molecule is Clc1ccc(Br)cc1-c1nc2c(Cl)ccc(Cl)c2[nH]1. The van der Waals surface area contributed by atoms with Crippen LogP contribution in [-0.2, 0) is 0 Å². The molecule has 1 N–H and O–H groups in total. The Balaban J connectivity index is 2.29. The third-order valence-electron chi connectivity index (χ3n) is 2.73. The Kier molecular flexibility index (Phi) is 3.48. The van der Waals surface area contributed by atoms with Crippen LogP contribution in [0.25, 0.3) is 22.4 Å². The maximum atomic E-state index is 6.19. The molecule has 1 heterocycles. The first-order valence-electron chi connectivity index (χ1n) is 5.35. The molecule has 0 atom stereocenters. The second-order valence-electron chi connectivity index (χ2n) is 3.96. The summed E-state index contributed by atoms with van der Waals surface area (Å²) in [5, 5.41) is 1.73. The smallest absolute Gasteiger partial charge is 0.140 e. The highest BCUT2D eigenvalue weighted by Gasteiger charge is 2.13. The Bertz CT molecular complexity index is 744. The predicted molar refractivity (Wildman–Crippen MR) is 84.3 cm³/mol. The van der Waals surface area contributed by atoms with Crippen molar-refractivity contribution in [1.29, 1.82) is 0 Å². The third-order valence-corrected chi connectivity index (χ3v) is 4.17. The zero-order valence-corrected chi connectivity index (χ0v) is 13.2. The summed E-state index contributed by atoms with van der Waals surface area (Å²) in [4.78, 5) is 7.62. The van der Waals surface area contributed by atoms with E-state index in [1.54, 1.807) is 18.2 Å². The molecule has 0 radical (unpaired) electrons. The van der Waals surface area contributed by atoms with Gasteiger partial charge in [0.15, 0.2) is 0 Å². The van der Waals surface area contributed by atoms with Crippen molar-refractivity contribution in [2.24, 2.45) is 0 Å². The summed E-state index contributed by atoms with van der Waals surface area (Å²) >= 11 is 21.9. The number of benzene rings is 2. The van der Waals surface area contributed by atoms with Gasteiger partial charge < -0.3 is 4.98 Å². The van der Waals surface area contributed by atoms with Crippen molar-refractivity contribution < 1.29 is 0 Å². The normalized spacial score (nSPS) is 11.2. The molecule has 0 fully saturated rings. The zero-order valence-electron chi connectivity index (χ0n) is 9.35. The second-order valence-corrected chi connectivity index (χ2v) is 6.10. The van der Waals surface area contributed by atoms with Crippen LogP contribution < -0.4 is 0 Å². The molecule has 0 aliphatic carbocycles. The van der Waals surface area contributed by atoms with Crippen LogP contribution in [0.2, 0.25) is 15.1 Å². The van der Waals surface area contributed by atoms with Crippen LogP contribution in [0.1, 0.15) is 0 Å². The highest BCUT2D eigenvalue weighted by atomic mass is 79.9. The Morgan fingerprint density at radius 1 is 0.947 bits per heavy atom. The first kappa shape index (κ1) is 13.3. The molecule has 19 heavy (non-hydrogen) atoms. The number of hydrogen-bond acceptors (Lipinski definition) is 1. The number of nitrogens with one attached hydrogen (secondary N) is 1. The molecule has 0 spiro atoms. The molecule has 0 aliphatic rings. The molecule has 0 saturated carbocycles. The zero-order chi connectivity index (χ0) is 13.6. The number of hydrogen-bond donors (Lipinski definition) is 1. The Morgan fingerprint density at radius 3 is 2.37 bits per heavy atom. The summed E-state index contributed by atoms with van der Waals surface area (Å²) < 4.78 is 0.921. The molecule has 3 rings (SSSR count). The average molecular weight is 376 g/mol. The standard InChI is InChI=1S/C13H6BrCl3N2/c14-6-1-2-8(15)7(5-6)13-18-11-9(16)3-4-10(17)12(11)19-13/h1-5H,(H,18,19). The Hall–Kier alpha value is -0.740. The number of nitrogens with zero attached hydrogens (tertiary/aromatic N) is 1. The Morgan fingerprint density at radius 2 is 1.63 bits per heavy atom. The van der Waals surface area contributed by atoms with Gasteiger partial charge in [-0.3, -0.25) is 0 Å². The topological polar surface area (TPSA) is 28.7 Å². The van der Waals surface area contributed by atoms with E-state index in [1.807, 2.05) is 12.1 Å². The van der Waals surface area contributed by atoms with Crippen molar-refractivity contribution in [2.75, 3.05) is 0 Å². The minimum absolute atomic E-state index is 0.549. The molecule has 2 nitrogen and oxygen atoms in total. The van der Waals surface area contributed by atoms with Crippen LogP contribution in [-0.4, -0.2) is 9.97 Å². The van der Waals surface area contributed by atoms with Crippen LogP contribution in [0, 0.1) is 0 Å². The van der Waals surface area contributed by atoms with Crippen LogP contribution >= 0.6 is 50.7 Å². The molecule has 0 unspecified atom stereocenters. The number of halogens is 4. The minimum atomic E-state index is 0.549. The number of aromatic nitrogens is 2. The van der Waals surface area contributed by atoms with E-state index < -0.39 is 0 Å². The van der Waals surface area contributed by atoms with Crippen LogP contribution in [0.15, 0.2) is 34.8 Å². The maximum absolute atomic E-state index is 6.19. The van der Waals surface area contributed by atoms with Gasteiger partial charge in [-0.25, -0.2) is 4.98 Å². The van der Waals surface area contributed by atoms with Gasteiger partial charge in [0.2, 0.25) is 0 Å². The number of rotatable bonds is 1. The molecule has 0 saturated heterocycles. The van der Waals surface area contributed by atoms with Crippen LogP contribution in [0.3, 0.4) is 0 Å². The predicted octanol–water partition coefficient (Wildman–Crippen LogP) is 5.95. The lowest BCUT2D eigenvalue weighted by Gasteiger charge is -2.00. The van der Waals surface area contributed by atoms with Crippen LogP contribution in [0.5, 0.6) is 0 Å². The van der Waals surface area contributed by atoms with Gasteiger partial charge in [0.25, 0.3) is 0 Å². The van der Waals surface area contributed by atoms with Gasteiger partial charge in [0, 0.05) is 10.0 Å². The molecule has 0 amide bonds. The lowest BCUT2D eigenvalue weighted by molar-refractivity contribution is 1.33. The molecule has 3 aromatic rings. The second kappa shape index (κ2) is 4.98. The average Bonchev–Trinajstić information content (AvgIpc) is 2.83. The van der Waals surface area contributed by atoms with Crippen molar-refractivity contribution >= 4 is 61.8 Å². The molecule has 0 aliphatic heterocycles. The van der Waals surface area contributed by atoms with E-state index in [2.05, 4.69) is 25.9 Å². The Labute approximate surface area is 132 Å². The summed E-state index contributed by atoms with van der Waals surface area (Å²) in [6.45, 7) is 0. The lowest BCUT2D eigenvalue weighted by Crippen LogP contribution is -1.82. The van der Waals surface area contributed by atoms with Gasteiger partial charge >= 0.3 is 0 Å². The van der Waals surface area contributed by atoms with Crippen molar-refractivity contribution in [3.8, 4) is 11.4 Å². The van der Waals surface area contributed by atoms with E-state index in [0.29, 0.717) is 31.9 Å². The molecule has 6 heteroatoms. The van der Waals surface area contributed by atoms with Gasteiger partial charge in [0.05, 0.1) is 20.6 Å². The van der Waals surface area contributed by atoms with E-state index in [-0.39, 0.29) is 0 Å². The lowest BCUT2D eigenvalue weighted by atomic mass is 10.2. The van der Waals surface area contributed by atoms with Crippen LogP contribution in [0.4, 0.5) is 0 Å². The molecule has 0 bridgehead atoms. The monoisotopic (exact) mass is 374 g/mol. The summed E-state index contributed by atoms with van der Waals surface area (Å²) in [5.41, 5.74) is 2.14. The van der Waals surface area contributed by atoms with E-state index in [4.69, 9.17) is 34.8 Å². The molecular weight excluding hydrogens is 370 g/mol. The highest BCUT2D eigenvalue weighted by Crippen LogP contribution is 2.34. The number of fused-ring (bicyclic) bond motifs is 1. The van der Waals surface area contributed by atoms with Gasteiger partial charge in [-0.2, -0.15) is 0 Å². The van der Waals surface area contributed by atoms with Gasteiger partial charge in [-0.1, -0.05) is 50.7 Å². The van der Waals surface area contributed by atoms with Crippen molar-refractivity contribution in [1.82, 2.24) is 9.97 Å². The molecule has 2 aromatic carbocycles. The molecular formula is C13H6BrCl3N2. The fourth-order valence-electron chi connectivity index (χ4n) is 1.83. The quantitative estimate of drug-likeness (QED) is 0.558. The van der Waals surface area contributed by atoms with E-state index >= 15 is 0 Å². The fraction of sp³-hybridized carbons (Fsp3) is 0. The van der Waals surface area contributed by atoms with Crippen molar-refractivity contribution in [3.05, 3.63) is 49.9 Å². The van der Waals surface area contributed by atoms with Crippen molar-refractivity contribution in [2.45, 2.75) is 0 Å². The summed E-state index contributed by atoms with van der Waals surface area (Å²) in [5.74, 6) is 0.635. The molecule has 1 aromatic heterocycles. The van der Waals surface area contributed by atoms with Gasteiger partial charge in [-0.15, -0.1) is 0 Å². The molecule has 96 valence electrons. The van der Waals surface area contributed by atoms with Gasteiger partial charge in [0.1, 0.15) is 11.3 Å². The minimum Gasteiger partial charge on any atom is -0.337 e. The summed E-state index contributed by atoms with van der Waals surface area (Å²) in [6, 6.07) is 9.02. The number of imidazole rings is 1. The van der Waals surface area contributed by atoms with E-state index in [0.717, 1.165) is 10.0 Å². The summed E-state index contributed by atoms with van der Waals surface area (Å²) in [6.07, 6.45) is 0. The maximum Gasteiger partial charge on any atom is 0.140 e. The van der Waals surface area contributed by atoms with Gasteiger partial charge in [-0.05, 0) is 30.3 Å². The number of H-pyrrole nitrogens is 1. The number of aromatic amines is 1. The van der Waals surface area contributed by atoms with E-state index in [9.17, 15) is 0 Å². The first-order chi connectivity index (χ1) is 9.06.